The van der Waals surface area contributed by atoms with E-state index in [1.54, 1.807) is 0 Å². The number of nitrogens with two attached hydrogens (primary N) is 1. The Morgan fingerprint density at radius 2 is 1.92 bits per heavy atom. The van der Waals surface area contributed by atoms with Gasteiger partial charge in [-0.05, 0) is 38.1 Å². The number of hydrogen-bond donors (Lipinski definition) is 1. The zero-order valence-corrected chi connectivity index (χ0v) is 13.9. The Bertz CT molecular complexity index is 865. The van der Waals surface area contributed by atoms with Crippen LogP contribution in [0.4, 0.5) is 11.5 Å². The summed E-state index contributed by atoms with van der Waals surface area (Å²) in [5, 5.41) is 5.54. The molecule has 0 bridgehead atoms. The minimum atomic E-state index is 0.202. The van der Waals surface area contributed by atoms with E-state index in [1.807, 2.05) is 41.3 Å². The maximum atomic E-state index is 5.85. The second-order valence-electron chi connectivity index (χ2n) is 6.41. The van der Waals surface area contributed by atoms with Gasteiger partial charge in [0.25, 0.3) is 0 Å². The molecule has 6 nitrogen and oxygen atoms in total. The van der Waals surface area contributed by atoms with Gasteiger partial charge in [-0.25, -0.2) is 9.67 Å². The second kappa shape index (κ2) is 5.79. The first-order valence-electron chi connectivity index (χ1n) is 8.20. The number of rotatable bonds is 2. The number of pyridine rings is 1. The van der Waals surface area contributed by atoms with Gasteiger partial charge in [0.05, 0.1) is 29.6 Å². The molecule has 2 atom stereocenters. The molecular weight excluding hydrogens is 302 g/mol. The minimum absolute atomic E-state index is 0.202. The molecule has 0 saturated carbocycles. The summed E-state index contributed by atoms with van der Waals surface area (Å²) in [6, 6.07) is 9.88. The molecule has 4 rings (SSSR count). The first-order valence-corrected chi connectivity index (χ1v) is 8.20. The number of fused-ring (bicyclic) bond motifs is 1. The van der Waals surface area contributed by atoms with E-state index in [9.17, 15) is 0 Å². The Morgan fingerprint density at radius 1 is 1.12 bits per heavy atom. The predicted molar refractivity (Wildman–Crippen MR) is 95.5 cm³/mol. The summed E-state index contributed by atoms with van der Waals surface area (Å²) in [5.74, 6) is 0.952. The summed E-state index contributed by atoms with van der Waals surface area (Å²) in [5.41, 5.74) is 8.62. The third kappa shape index (κ3) is 2.69. The van der Waals surface area contributed by atoms with Gasteiger partial charge >= 0.3 is 0 Å². The van der Waals surface area contributed by atoms with Gasteiger partial charge in [-0.3, -0.25) is 0 Å². The molecule has 1 fully saturated rings. The molecule has 24 heavy (non-hydrogen) atoms. The number of ether oxygens (including phenoxy) is 1. The van der Waals surface area contributed by atoms with Gasteiger partial charge in [-0.1, -0.05) is 0 Å². The van der Waals surface area contributed by atoms with Crippen LogP contribution in [-0.2, 0) is 4.74 Å². The molecular formula is C18H21N5O. The van der Waals surface area contributed by atoms with Gasteiger partial charge < -0.3 is 15.4 Å². The fourth-order valence-corrected chi connectivity index (χ4v) is 3.33. The van der Waals surface area contributed by atoms with Crippen LogP contribution in [0.2, 0.25) is 0 Å². The van der Waals surface area contributed by atoms with Crippen LogP contribution < -0.4 is 10.6 Å². The van der Waals surface area contributed by atoms with Crippen LogP contribution >= 0.6 is 0 Å². The minimum Gasteiger partial charge on any atom is -0.399 e. The van der Waals surface area contributed by atoms with Crippen molar-refractivity contribution in [2.24, 2.45) is 0 Å². The van der Waals surface area contributed by atoms with Crippen molar-refractivity contribution in [1.29, 1.82) is 0 Å². The molecule has 0 amide bonds. The molecule has 0 radical (unpaired) electrons. The van der Waals surface area contributed by atoms with E-state index in [1.165, 1.54) is 0 Å². The van der Waals surface area contributed by atoms with Crippen molar-refractivity contribution in [3.63, 3.8) is 0 Å². The van der Waals surface area contributed by atoms with Crippen molar-refractivity contribution in [1.82, 2.24) is 14.8 Å². The van der Waals surface area contributed by atoms with E-state index >= 15 is 0 Å². The molecule has 2 aromatic heterocycles. The Labute approximate surface area is 140 Å². The average Bonchev–Trinajstić information content (AvgIpc) is 2.97. The Balaban J connectivity index is 1.71. The molecule has 1 aromatic carbocycles. The van der Waals surface area contributed by atoms with E-state index < -0.39 is 0 Å². The van der Waals surface area contributed by atoms with E-state index in [0.29, 0.717) is 0 Å². The number of anilines is 2. The largest absolute Gasteiger partial charge is 0.399 e. The fraction of sp³-hybridized carbons (Fsp3) is 0.333. The lowest BCUT2D eigenvalue weighted by atomic mass is 10.2. The molecule has 2 N–H and O–H groups in total. The number of benzene rings is 1. The molecule has 3 heterocycles. The first-order chi connectivity index (χ1) is 11.6. The zero-order valence-electron chi connectivity index (χ0n) is 13.9. The van der Waals surface area contributed by atoms with Gasteiger partial charge in [-0.2, -0.15) is 5.10 Å². The van der Waals surface area contributed by atoms with Gasteiger partial charge in [0, 0.05) is 36.4 Å². The average molecular weight is 323 g/mol. The summed E-state index contributed by atoms with van der Waals surface area (Å²) in [6.45, 7) is 5.88. The fourth-order valence-electron chi connectivity index (χ4n) is 3.33. The molecule has 1 aliphatic rings. The monoisotopic (exact) mass is 323 g/mol. The smallest absolute Gasteiger partial charge is 0.130 e. The van der Waals surface area contributed by atoms with Gasteiger partial charge in [-0.15, -0.1) is 0 Å². The number of morpholine rings is 1. The molecule has 6 heteroatoms. The van der Waals surface area contributed by atoms with Crippen LogP contribution in [0, 0.1) is 0 Å². The highest BCUT2D eigenvalue weighted by Crippen LogP contribution is 2.24. The molecule has 124 valence electrons. The van der Waals surface area contributed by atoms with Crippen molar-refractivity contribution < 1.29 is 4.74 Å². The Morgan fingerprint density at radius 3 is 2.71 bits per heavy atom. The Kier molecular flexibility index (Phi) is 3.61. The SMILES string of the molecule is C[C@@H]1CN(c2cc(-n3ncc4cc(N)ccc43)ccn2)C[C@H](C)O1. The van der Waals surface area contributed by atoms with Crippen LogP contribution in [0.3, 0.4) is 0 Å². The predicted octanol–water partition coefficient (Wildman–Crippen LogP) is 2.62. The summed E-state index contributed by atoms with van der Waals surface area (Å²) >= 11 is 0. The summed E-state index contributed by atoms with van der Waals surface area (Å²) < 4.78 is 7.73. The van der Waals surface area contributed by atoms with Gasteiger partial charge in [0.2, 0.25) is 0 Å². The number of hydrogen-bond acceptors (Lipinski definition) is 5. The maximum Gasteiger partial charge on any atom is 0.130 e. The van der Waals surface area contributed by atoms with Crippen molar-refractivity contribution >= 4 is 22.4 Å². The lowest BCUT2D eigenvalue weighted by molar-refractivity contribution is -0.00545. The normalized spacial score (nSPS) is 21.3. The highest BCUT2D eigenvalue weighted by molar-refractivity contribution is 5.83. The van der Waals surface area contributed by atoms with Crippen molar-refractivity contribution in [3.05, 3.63) is 42.7 Å². The quantitative estimate of drug-likeness (QED) is 0.734. The van der Waals surface area contributed by atoms with Crippen molar-refractivity contribution in [3.8, 4) is 5.69 Å². The van der Waals surface area contributed by atoms with Crippen LogP contribution in [0.25, 0.3) is 16.6 Å². The maximum absolute atomic E-state index is 5.85. The van der Waals surface area contributed by atoms with Crippen molar-refractivity contribution in [2.45, 2.75) is 26.1 Å². The lowest BCUT2D eigenvalue weighted by Gasteiger charge is -2.36. The van der Waals surface area contributed by atoms with Crippen LogP contribution in [0.1, 0.15) is 13.8 Å². The molecule has 1 saturated heterocycles. The van der Waals surface area contributed by atoms with E-state index in [4.69, 9.17) is 10.5 Å². The summed E-state index contributed by atoms with van der Waals surface area (Å²) in [6.07, 6.45) is 4.07. The van der Waals surface area contributed by atoms with Crippen LogP contribution in [0.15, 0.2) is 42.7 Å². The molecule has 1 aliphatic heterocycles. The molecule has 3 aromatic rings. The van der Waals surface area contributed by atoms with E-state index in [-0.39, 0.29) is 12.2 Å². The van der Waals surface area contributed by atoms with Crippen LogP contribution in [0.5, 0.6) is 0 Å². The van der Waals surface area contributed by atoms with Crippen LogP contribution in [-0.4, -0.2) is 40.1 Å². The number of nitrogen functional groups attached to an aromatic ring is 1. The summed E-state index contributed by atoms with van der Waals surface area (Å²) in [7, 11) is 0. The first kappa shape index (κ1) is 15.0. The zero-order chi connectivity index (χ0) is 16.7. The topological polar surface area (TPSA) is 69.2 Å². The molecule has 0 unspecified atom stereocenters. The van der Waals surface area contributed by atoms with Gasteiger partial charge in [0.15, 0.2) is 0 Å². The highest BCUT2D eigenvalue weighted by Gasteiger charge is 2.23. The molecule has 0 spiro atoms. The number of nitrogens with zero attached hydrogens (tertiary/aromatic N) is 4. The molecule has 0 aliphatic carbocycles. The highest BCUT2D eigenvalue weighted by atomic mass is 16.5. The standard InChI is InChI=1S/C18H21N5O/c1-12-10-22(11-13(2)24-12)18-8-16(5-6-20-18)23-17-4-3-15(19)7-14(17)9-21-23/h3-9,12-13H,10-11,19H2,1-2H3/t12-,13+. The summed E-state index contributed by atoms with van der Waals surface area (Å²) in [4.78, 5) is 6.82. The Hall–Kier alpha value is -2.60. The third-order valence-corrected chi connectivity index (χ3v) is 4.31. The van der Waals surface area contributed by atoms with Gasteiger partial charge in [0.1, 0.15) is 5.82 Å². The second-order valence-corrected chi connectivity index (χ2v) is 6.41. The third-order valence-electron chi connectivity index (χ3n) is 4.31. The lowest BCUT2D eigenvalue weighted by Crippen LogP contribution is -2.45. The van der Waals surface area contributed by atoms with Crippen molar-refractivity contribution in [2.75, 3.05) is 23.7 Å². The number of aromatic nitrogens is 3. The van der Waals surface area contributed by atoms with E-state index in [0.717, 1.165) is 41.2 Å². The van der Waals surface area contributed by atoms with E-state index in [2.05, 4.69) is 34.9 Å².